The van der Waals surface area contributed by atoms with Gasteiger partial charge in [-0.1, -0.05) is 134 Å². The monoisotopic (exact) mass is 523 g/mol. The molecule has 0 unspecified atom stereocenters. The average Bonchev–Trinajstić information content (AvgIpc) is 2.84. The predicted molar refractivity (Wildman–Crippen MR) is 158 cm³/mol. The highest BCUT2D eigenvalue weighted by Gasteiger charge is 2.20. The van der Waals surface area contributed by atoms with E-state index in [1.165, 1.54) is 95.5 Å². The number of hydrogen-bond acceptors (Lipinski definition) is 2. The topological polar surface area (TPSA) is 37.4 Å². The van der Waals surface area contributed by atoms with Crippen LogP contribution in [0.4, 0.5) is 0 Å². The molecule has 0 fully saturated rings. The van der Waals surface area contributed by atoms with Gasteiger partial charge < -0.3 is 4.48 Å². The molecule has 210 valence electrons. The second-order valence-electron chi connectivity index (χ2n) is 11.6. The molecule has 0 aliphatic heterocycles. The van der Waals surface area contributed by atoms with E-state index in [0.717, 1.165) is 36.8 Å². The van der Waals surface area contributed by atoms with Gasteiger partial charge in [0.15, 0.2) is 0 Å². The van der Waals surface area contributed by atoms with Crippen LogP contribution in [0.2, 0.25) is 0 Å². The summed E-state index contributed by atoms with van der Waals surface area (Å²) in [6, 6.07) is 10.5. The highest BCUT2D eigenvalue weighted by atomic mass is 32.2. The SMILES string of the molecule is CCCCCCCCCCCCCCCCCCS(=O)(=O)N(C)CCC[N+](C)(C)Cc1ccccc1. The Kier molecular flexibility index (Phi) is 18.5. The maximum atomic E-state index is 12.6. The van der Waals surface area contributed by atoms with Crippen LogP contribution in [0.5, 0.6) is 0 Å². The molecular weight excluding hydrogens is 464 g/mol. The molecule has 0 radical (unpaired) electrons. The molecular formula is C31H59N2O2S+. The van der Waals surface area contributed by atoms with Crippen molar-refractivity contribution in [3.8, 4) is 0 Å². The van der Waals surface area contributed by atoms with Crippen LogP contribution in [-0.2, 0) is 16.6 Å². The van der Waals surface area contributed by atoms with E-state index < -0.39 is 10.0 Å². The average molecular weight is 524 g/mol. The summed E-state index contributed by atoms with van der Waals surface area (Å²) in [6.45, 7) is 4.82. The molecule has 36 heavy (non-hydrogen) atoms. The quantitative estimate of drug-likeness (QED) is 0.101. The highest BCUT2D eigenvalue weighted by Crippen LogP contribution is 2.15. The van der Waals surface area contributed by atoms with Crippen molar-refractivity contribution < 1.29 is 12.9 Å². The van der Waals surface area contributed by atoms with E-state index in [2.05, 4.69) is 45.3 Å². The summed E-state index contributed by atoms with van der Waals surface area (Å²) in [7, 11) is 3.06. The van der Waals surface area contributed by atoms with E-state index in [1.807, 2.05) is 6.07 Å². The molecule has 4 nitrogen and oxygen atoms in total. The van der Waals surface area contributed by atoms with Crippen LogP contribution < -0.4 is 0 Å². The van der Waals surface area contributed by atoms with Crippen LogP contribution in [0.3, 0.4) is 0 Å². The summed E-state index contributed by atoms with van der Waals surface area (Å²) in [5, 5.41) is 0. The van der Waals surface area contributed by atoms with Gasteiger partial charge in [0, 0.05) is 25.6 Å². The lowest BCUT2D eigenvalue weighted by atomic mass is 10.0. The van der Waals surface area contributed by atoms with Gasteiger partial charge in [-0.3, -0.25) is 0 Å². The van der Waals surface area contributed by atoms with Crippen molar-refractivity contribution in [3.05, 3.63) is 35.9 Å². The minimum absolute atomic E-state index is 0.296. The Morgan fingerprint density at radius 1 is 0.667 bits per heavy atom. The first kappa shape index (κ1) is 33.1. The molecule has 1 rings (SSSR count). The molecule has 0 bridgehead atoms. The molecule has 0 saturated carbocycles. The van der Waals surface area contributed by atoms with Gasteiger partial charge >= 0.3 is 0 Å². The number of hydrogen-bond donors (Lipinski definition) is 0. The van der Waals surface area contributed by atoms with E-state index in [0.29, 0.717) is 12.3 Å². The van der Waals surface area contributed by atoms with E-state index in [-0.39, 0.29) is 0 Å². The Morgan fingerprint density at radius 2 is 1.11 bits per heavy atom. The molecule has 0 atom stereocenters. The zero-order valence-corrected chi connectivity index (χ0v) is 25.2. The fourth-order valence-electron chi connectivity index (χ4n) is 5.01. The second kappa shape index (κ2) is 20.1. The van der Waals surface area contributed by atoms with Gasteiger partial charge in [-0.25, -0.2) is 12.7 Å². The van der Waals surface area contributed by atoms with Gasteiger partial charge in [0.25, 0.3) is 0 Å². The number of nitrogens with zero attached hydrogens (tertiary/aromatic N) is 2. The molecule has 0 amide bonds. The summed E-state index contributed by atoms with van der Waals surface area (Å²) in [6.07, 6.45) is 21.8. The maximum absolute atomic E-state index is 12.6. The third kappa shape index (κ3) is 17.5. The summed E-state index contributed by atoms with van der Waals surface area (Å²) in [5.41, 5.74) is 1.33. The van der Waals surface area contributed by atoms with Gasteiger partial charge in [-0.05, 0) is 6.42 Å². The minimum atomic E-state index is -3.13. The standard InChI is InChI=1S/C31H59N2O2S/c1-5-6-7-8-9-10-11-12-13-14-15-16-17-18-19-23-29-36(34,35)32(2)27-24-28-33(3,4)30-31-25-21-20-22-26-31/h20-22,25-26H,5-19,23-24,27-30H2,1-4H3/q+1. The molecule has 5 heteroatoms. The molecule has 0 saturated heterocycles. The Hall–Kier alpha value is -0.910. The van der Waals surface area contributed by atoms with E-state index in [1.54, 1.807) is 11.4 Å². The van der Waals surface area contributed by atoms with Gasteiger partial charge in [0.05, 0.1) is 26.4 Å². The van der Waals surface area contributed by atoms with Crippen LogP contribution >= 0.6 is 0 Å². The number of benzene rings is 1. The zero-order chi connectivity index (χ0) is 26.5. The molecule has 1 aromatic carbocycles. The Bertz CT molecular complexity index is 734. The second-order valence-corrected chi connectivity index (χ2v) is 13.8. The Balaban J connectivity index is 1.99. The third-order valence-corrected chi connectivity index (χ3v) is 9.36. The molecule has 0 aromatic heterocycles. The summed E-state index contributed by atoms with van der Waals surface area (Å²) in [5.74, 6) is 0.296. The van der Waals surface area contributed by atoms with Crippen molar-refractivity contribution in [2.75, 3.05) is 40.0 Å². The molecule has 0 aliphatic rings. The maximum Gasteiger partial charge on any atom is 0.213 e. The first-order valence-electron chi connectivity index (χ1n) is 15.1. The van der Waals surface area contributed by atoms with Crippen LogP contribution in [0.1, 0.15) is 122 Å². The minimum Gasteiger partial charge on any atom is -0.325 e. The van der Waals surface area contributed by atoms with Crippen molar-refractivity contribution in [1.82, 2.24) is 4.31 Å². The molecule has 0 heterocycles. The van der Waals surface area contributed by atoms with Crippen molar-refractivity contribution in [1.29, 1.82) is 0 Å². The van der Waals surface area contributed by atoms with Crippen LogP contribution in [0.15, 0.2) is 30.3 Å². The summed E-state index contributed by atoms with van der Waals surface area (Å²) < 4.78 is 27.7. The van der Waals surface area contributed by atoms with Crippen LogP contribution in [0.25, 0.3) is 0 Å². The Morgan fingerprint density at radius 3 is 1.58 bits per heavy atom. The number of sulfonamides is 1. The van der Waals surface area contributed by atoms with Crippen molar-refractivity contribution in [2.24, 2.45) is 0 Å². The summed E-state index contributed by atoms with van der Waals surface area (Å²) >= 11 is 0. The third-order valence-electron chi connectivity index (χ3n) is 7.42. The number of rotatable bonds is 24. The first-order valence-corrected chi connectivity index (χ1v) is 16.7. The van der Waals surface area contributed by atoms with E-state index >= 15 is 0 Å². The molecule has 0 spiro atoms. The fraction of sp³-hybridized carbons (Fsp3) is 0.806. The predicted octanol–water partition coefficient (Wildman–Crippen LogP) is 8.18. The molecule has 1 aromatic rings. The van der Waals surface area contributed by atoms with Gasteiger partial charge in [-0.2, -0.15) is 0 Å². The van der Waals surface area contributed by atoms with Crippen molar-refractivity contribution in [2.45, 2.75) is 123 Å². The highest BCUT2D eigenvalue weighted by molar-refractivity contribution is 7.89. The lowest BCUT2D eigenvalue weighted by Crippen LogP contribution is -2.41. The lowest BCUT2D eigenvalue weighted by Gasteiger charge is -2.30. The van der Waals surface area contributed by atoms with E-state index in [9.17, 15) is 8.42 Å². The largest absolute Gasteiger partial charge is 0.325 e. The zero-order valence-electron chi connectivity index (χ0n) is 24.4. The van der Waals surface area contributed by atoms with Crippen molar-refractivity contribution >= 4 is 10.0 Å². The lowest BCUT2D eigenvalue weighted by molar-refractivity contribution is -0.903. The van der Waals surface area contributed by atoms with Gasteiger partial charge in [0.2, 0.25) is 10.0 Å². The molecule has 0 aliphatic carbocycles. The molecule has 0 N–H and O–H groups in total. The van der Waals surface area contributed by atoms with Crippen LogP contribution in [0, 0.1) is 0 Å². The fourth-order valence-corrected chi connectivity index (χ4v) is 6.29. The summed E-state index contributed by atoms with van der Waals surface area (Å²) in [4.78, 5) is 0. The normalized spacial score (nSPS) is 12.5. The number of unbranched alkanes of at least 4 members (excludes halogenated alkanes) is 15. The van der Waals surface area contributed by atoms with E-state index in [4.69, 9.17) is 0 Å². The smallest absolute Gasteiger partial charge is 0.213 e. The first-order chi connectivity index (χ1) is 17.3. The van der Waals surface area contributed by atoms with Gasteiger partial charge in [0.1, 0.15) is 6.54 Å². The van der Waals surface area contributed by atoms with Crippen LogP contribution in [-0.4, -0.2) is 57.2 Å². The Labute approximate surface area is 225 Å². The van der Waals surface area contributed by atoms with Gasteiger partial charge in [-0.15, -0.1) is 0 Å². The van der Waals surface area contributed by atoms with Crippen molar-refractivity contribution in [3.63, 3.8) is 0 Å². The number of quaternary nitrogens is 1.